The lowest BCUT2D eigenvalue weighted by atomic mass is 9.98. The number of hydrogen-bond donors (Lipinski definition) is 0. The molecular weight excluding hydrogens is 348 g/mol. The minimum absolute atomic E-state index is 0.109. The van der Waals surface area contributed by atoms with Gasteiger partial charge < -0.3 is 4.90 Å². The van der Waals surface area contributed by atoms with Gasteiger partial charge >= 0.3 is 0 Å². The maximum atomic E-state index is 12.9. The molecule has 2 fully saturated rings. The van der Waals surface area contributed by atoms with Crippen molar-refractivity contribution in [2.24, 2.45) is 13.0 Å². The average Bonchev–Trinajstić information content (AvgIpc) is 2.95. The lowest BCUT2D eigenvalue weighted by Crippen LogP contribution is -2.48. The zero-order chi connectivity index (χ0) is 17.3. The lowest BCUT2D eigenvalue weighted by Gasteiger charge is -2.35. The number of aromatic nitrogens is 2. The number of carbonyl (C=O) groups is 1. The molecule has 1 aromatic rings. The number of sulfonamides is 1. The zero-order valence-electron chi connectivity index (χ0n) is 14.1. The molecule has 0 spiro atoms. The minimum atomic E-state index is -3.59. The normalized spacial score (nSPS) is 23.4. The van der Waals surface area contributed by atoms with Crippen molar-refractivity contribution in [3.8, 4) is 0 Å². The summed E-state index contributed by atoms with van der Waals surface area (Å²) in [7, 11) is -1.87. The monoisotopic (exact) mass is 372 g/mol. The summed E-state index contributed by atoms with van der Waals surface area (Å²) < 4.78 is 28.8. The molecule has 3 rings (SSSR count). The van der Waals surface area contributed by atoms with E-state index in [1.165, 1.54) is 10.5 Å². The molecule has 1 amide bonds. The summed E-state index contributed by atoms with van der Waals surface area (Å²) in [6, 6.07) is 0. The van der Waals surface area contributed by atoms with Gasteiger partial charge in [0.15, 0.2) is 0 Å². The Kier molecular flexibility index (Phi) is 5.22. The fourth-order valence-electron chi connectivity index (χ4n) is 3.28. The summed E-state index contributed by atoms with van der Waals surface area (Å²) in [5.74, 6) is 1.82. The third kappa shape index (κ3) is 3.34. The van der Waals surface area contributed by atoms with Gasteiger partial charge in [0.05, 0.1) is 17.8 Å². The minimum Gasteiger partial charge on any atom is -0.341 e. The van der Waals surface area contributed by atoms with E-state index >= 15 is 0 Å². The van der Waals surface area contributed by atoms with Crippen molar-refractivity contribution in [2.45, 2.75) is 24.7 Å². The van der Waals surface area contributed by atoms with Crippen molar-refractivity contribution in [1.29, 1.82) is 0 Å². The summed E-state index contributed by atoms with van der Waals surface area (Å²) in [4.78, 5) is 14.9. The van der Waals surface area contributed by atoms with E-state index in [0.29, 0.717) is 12.2 Å². The molecule has 0 saturated carbocycles. The van der Waals surface area contributed by atoms with Crippen LogP contribution in [0.1, 0.15) is 18.5 Å². The molecule has 0 radical (unpaired) electrons. The van der Waals surface area contributed by atoms with Gasteiger partial charge in [-0.3, -0.25) is 9.48 Å². The molecule has 24 heavy (non-hydrogen) atoms. The van der Waals surface area contributed by atoms with Crippen molar-refractivity contribution in [3.63, 3.8) is 0 Å². The first kappa shape index (κ1) is 17.8. The molecule has 1 atom stereocenters. The Bertz CT molecular complexity index is 710. The van der Waals surface area contributed by atoms with Crippen LogP contribution in [0.2, 0.25) is 0 Å². The molecule has 2 saturated heterocycles. The SMILES string of the molecule is Cc1c(S(=O)(=O)N2CCC[C@@H](C(=O)N3CCSCC3)C2)cnn1C. The van der Waals surface area contributed by atoms with Crippen molar-refractivity contribution in [3.05, 3.63) is 11.9 Å². The van der Waals surface area contributed by atoms with Crippen LogP contribution in [0.15, 0.2) is 11.1 Å². The molecule has 0 unspecified atom stereocenters. The number of piperidine rings is 1. The number of carbonyl (C=O) groups excluding carboxylic acids is 1. The summed E-state index contributed by atoms with van der Waals surface area (Å²) >= 11 is 1.86. The maximum Gasteiger partial charge on any atom is 0.246 e. The Labute approximate surface area is 147 Å². The number of amides is 1. The van der Waals surface area contributed by atoms with Gasteiger partial charge in [-0.2, -0.15) is 21.2 Å². The van der Waals surface area contributed by atoms with Gasteiger partial charge in [0.25, 0.3) is 0 Å². The smallest absolute Gasteiger partial charge is 0.246 e. The Hall–Kier alpha value is -1.06. The van der Waals surface area contributed by atoms with Crippen LogP contribution in [0.5, 0.6) is 0 Å². The molecule has 3 heterocycles. The Morgan fingerprint density at radius 2 is 2.00 bits per heavy atom. The second-order valence-electron chi connectivity index (χ2n) is 6.36. The molecule has 0 bridgehead atoms. The molecule has 0 N–H and O–H groups in total. The molecule has 2 aliphatic heterocycles. The molecule has 0 aromatic carbocycles. The Morgan fingerprint density at radius 3 is 2.62 bits per heavy atom. The van der Waals surface area contributed by atoms with Gasteiger partial charge in [0.1, 0.15) is 4.90 Å². The molecule has 134 valence electrons. The van der Waals surface area contributed by atoms with Crippen LogP contribution in [-0.4, -0.2) is 71.0 Å². The second kappa shape index (κ2) is 7.05. The number of nitrogens with zero attached hydrogens (tertiary/aromatic N) is 4. The first-order valence-electron chi connectivity index (χ1n) is 8.26. The summed E-state index contributed by atoms with van der Waals surface area (Å²) in [6.45, 7) is 4.04. The first-order chi connectivity index (χ1) is 11.4. The van der Waals surface area contributed by atoms with Crippen molar-refractivity contribution in [2.75, 3.05) is 37.7 Å². The quantitative estimate of drug-likeness (QED) is 0.781. The topological polar surface area (TPSA) is 75.5 Å². The van der Waals surface area contributed by atoms with Gasteiger partial charge in [-0.05, 0) is 19.8 Å². The van der Waals surface area contributed by atoms with Crippen LogP contribution in [0.4, 0.5) is 0 Å². The highest BCUT2D eigenvalue weighted by Crippen LogP contribution is 2.27. The Balaban J connectivity index is 1.75. The zero-order valence-corrected chi connectivity index (χ0v) is 15.8. The van der Waals surface area contributed by atoms with Crippen molar-refractivity contribution in [1.82, 2.24) is 19.0 Å². The van der Waals surface area contributed by atoms with Gasteiger partial charge in [-0.25, -0.2) is 8.42 Å². The van der Waals surface area contributed by atoms with E-state index in [9.17, 15) is 13.2 Å². The van der Waals surface area contributed by atoms with Gasteiger partial charge in [0, 0.05) is 44.7 Å². The molecule has 9 heteroatoms. The van der Waals surface area contributed by atoms with E-state index in [-0.39, 0.29) is 23.3 Å². The highest BCUT2D eigenvalue weighted by atomic mass is 32.2. The summed E-state index contributed by atoms with van der Waals surface area (Å²) in [5.41, 5.74) is 0.622. The van der Waals surface area contributed by atoms with E-state index in [4.69, 9.17) is 0 Å². The number of aryl methyl sites for hydroxylation is 1. The number of thioether (sulfide) groups is 1. The van der Waals surface area contributed by atoms with E-state index in [2.05, 4.69) is 5.10 Å². The molecular formula is C15H24N4O3S2. The van der Waals surface area contributed by atoms with Crippen LogP contribution in [0.3, 0.4) is 0 Å². The van der Waals surface area contributed by atoms with Crippen LogP contribution in [0, 0.1) is 12.8 Å². The number of hydrogen-bond acceptors (Lipinski definition) is 5. The highest BCUT2D eigenvalue weighted by Gasteiger charge is 2.36. The standard InChI is InChI=1S/C15H24N4O3S2/c1-12-14(10-16-17(12)2)24(21,22)19-5-3-4-13(11-19)15(20)18-6-8-23-9-7-18/h10,13H,3-9,11H2,1-2H3/t13-/m1/s1. The molecule has 2 aliphatic rings. The first-order valence-corrected chi connectivity index (χ1v) is 10.9. The molecule has 0 aliphatic carbocycles. The Morgan fingerprint density at radius 1 is 1.29 bits per heavy atom. The van der Waals surface area contributed by atoms with E-state index in [0.717, 1.165) is 37.4 Å². The van der Waals surface area contributed by atoms with Gasteiger partial charge in [-0.15, -0.1) is 0 Å². The predicted octanol–water partition coefficient (Wildman–Crippen LogP) is 0.705. The molecule has 1 aromatic heterocycles. The largest absolute Gasteiger partial charge is 0.341 e. The summed E-state index contributed by atoms with van der Waals surface area (Å²) in [6.07, 6.45) is 2.88. The maximum absolute atomic E-state index is 12.9. The highest BCUT2D eigenvalue weighted by molar-refractivity contribution is 7.99. The average molecular weight is 373 g/mol. The lowest BCUT2D eigenvalue weighted by molar-refractivity contribution is -0.136. The molecule has 7 nitrogen and oxygen atoms in total. The van der Waals surface area contributed by atoms with E-state index in [1.807, 2.05) is 16.7 Å². The van der Waals surface area contributed by atoms with Gasteiger partial charge in [0.2, 0.25) is 15.9 Å². The predicted molar refractivity (Wildman–Crippen MR) is 93.3 cm³/mol. The number of rotatable bonds is 3. The van der Waals surface area contributed by atoms with E-state index in [1.54, 1.807) is 18.7 Å². The fraction of sp³-hybridized carbons (Fsp3) is 0.733. The fourth-order valence-corrected chi connectivity index (χ4v) is 5.89. The van der Waals surface area contributed by atoms with Crippen LogP contribution < -0.4 is 0 Å². The van der Waals surface area contributed by atoms with Crippen molar-refractivity contribution >= 4 is 27.7 Å². The van der Waals surface area contributed by atoms with Crippen molar-refractivity contribution < 1.29 is 13.2 Å². The second-order valence-corrected chi connectivity index (χ2v) is 9.49. The van der Waals surface area contributed by atoms with Crippen LogP contribution >= 0.6 is 11.8 Å². The van der Waals surface area contributed by atoms with E-state index < -0.39 is 10.0 Å². The van der Waals surface area contributed by atoms with Gasteiger partial charge in [-0.1, -0.05) is 0 Å². The van der Waals surface area contributed by atoms with Crippen LogP contribution in [-0.2, 0) is 21.9 Å². The summed E-state index contributed by atoms with van der Waals surface area (Å²) in [5, 5.41) is 4.04. The van der Waals surface area contributed by atoms with Crippen LogP contribution in [0.25, 0.3) is 0 Å². The third-order valence-corrected chi connectivity index (χ3v) is 7.77. The third-order valence-electron chi connectivity index (χ3n) is 4.86.